The van der Waals surface area contributed by atoms with E-state index in [4.69, 9.17) is 5.73 Å². The van der Waals surface area contributed by atoms with E-state index in [9.17, 15) is 8.42 Å². The van der Waals surface area contributed by atoms with Crippen molar-refractivity contribution in [1.29, 1.82) is 0 Å². The quantitative estimate of drug-likeness (QED) is 0.682. The van der Waals surface area contributed by atoms with Crippen LogP contribution < -0.4 is 10.5 Å². The van der Waals surface area contributed by atoms with Gasteiger partial charge in [0.2, 0.25) is 10.0 Å². The predicted molar refractivity (Wildman–Crippen MR) is 94.3 cm³/mol. The van der Waals surface area contributed by atoms with Crippen LogP contribution in [0.15, 0.2) is 24.4 Å². The molecule has 127 valence electrons. The van der Waals surface area contributed by atoms with Gasteiger partial charge in [0.15, 0.2) is 17.3 Å². The van der Waals surface area contributed by atoms with E-state index >= 15 is 0 Å². The molecule has 3 aromatic rings. The van der Waals surface area contributed by atoms with Crippen molar-refractivity contribution in [3.8, 4) is 23.4 Å². The smallest absolute Gasteiger partial charge is 0.209 e. The molecule has 0 spiro atoms. The number of benzene rings is 1. The number of H-pyrrole nitrogens is 1. The third-order valence-electron chi connectivity index (χ3n) is 3.27. The Hall–Kier alpha value is -2.96. The molecule has 0 aliphatic heterocycles. The minimum Gasteiger partial charge on any atom is -0.337 e. The molecule has 0 amide bonds. The number of hydrogen-bond acceptors (Lipinski definition) is 5. The molecule has 0 saturated carbocycles. The summed E-state index contributed by atoms with van der Waals surface area (Å²) in [6.45, 7) is 1.96. The van der Waals surface area contributed by atoms with Gasteiger partial charge in [-0.25, -0.2) is 28.1 Å². The first-order chi connectivity index (χ1) is 11.8. The molecule has 0 unspecified atom stereocenters. The maximum absolute atomic E-state index is 11.0. The lowest BCUT2D eigenvalue weighted by Crippen LogP contribution is -2.21. The maximum atomic E-state index is 11.0. The fourth-order valence-corrected chi connectivity index (χ4v) is 2.49. The highest BCUT2D eigenvalue weighted by molar-refractivity contribution is 7.88. The molecule has 2 aromatic heterocycles. The summed E-state index contributed by atoms with van der Waals surface area (Å²) in [6, 6.07) is 5.81. The summed E-state index contributed by atoms with van der Waals surface area (Å²) in [4.78, 5) is 15.8. The van der Waals surface area contributed by atoms with Crippen molar-refractivity contribution in [2.45, 2.75) is 6.92 Å². The van der Waals surface area contributed by atoms with E-state index in [1.165, 1.54) is 6.20 Å². The van der Waals surface area contributed by atoms with E-state index < -0.39 is 10.0 Å². The van der Waals surface area contributed by atoms with Crippen molar-refractivity contribution in [2.75, 3.05) is 12.8 Å². The van der Waals surface area contributed by atoms with Crippen LogP contribution in [0, 0.1) is 18.8 Å². The monoisotopic (exact) mass is 355 g/mol. The van der Waals surface area contributed by atoms with Gasteiger partial charge in [-0.1, -0.05) is 12.0 Å². The zero-order valence-corrected chi connectivity index (χ0v) is 14.4. The molecule has 2 heterocycles. The van der Waals surface area contributed by atoms with Crippen molar-refractivity contribution in [1.82, 2.24) is 30.4 Å². The number of sulfonamides is 1. The summed E-state index contributed by atoms with van der Waals surface area (Å²) in [7, 11) is -3.29. The third-order valence-corrected chi connectivity index (χ3v) is 3.94. The number of imidazole rings is 1. The lowest BCUT2D eigenvalue weighted by atomic mass is 10.2. The number of aromatic nitrogens is 4. The number of hydrogen-bond donors (Lipinski definition) is 2. The number of nitrogens with one attached hydrogen (secondary N) is 3. The Balaban J connectivity index is 1.92. The fourth-order valence-electron chi connectivity index (χ4n) is 2.15. The van der Waals surface area contributed by atoms with Crippen molar-refractivity contribution in [3.05, 3.63) is 35.7 Å². The number of rotatable bonds is 3. The van der Waals surface area contributed by atoms with Gasteiger partial charge in [0.05, 0.1) is 30.0 Å². The average molecular weight is 355 g/mol. The van der Waals surface area contributed by atoms with Crippen molar-refractivity contribution in [2.24, 2.45) is 0 Å². The van der Waals surface area contributed by atoms with Gasteiger partial charge >= 0.3 is 0 Å². The Morgan fingerprint density at radius 3 is 2.88 bits per heavy atom. The summed E-state index contributed by atoms with van der Waals surface area (Å²) >= 11 is 0. The molecule has 0 atom stereocenters. The van der Waals surface area contributed by atoms with E-state index in [1.54, 1.807) is 0 Å². The summed E-state index contributed by atoms with van der Waals surface area (Å²) in [5.41, 5.74) is 11.3. The van der Waals surface area contributed by atoms with Crippen LogP contribution in [0.25, 0.3) is 22.6 Å². The first-order valence-electron chi connectivity index (χ1n) is 7.31. The molecule has 0 saturated heterocycles. The Morgan fingerprint density at radius 1 is 1.32 bits per heavy atom. The first-order valence-corrected chi connectivity index (χ1v) is 9.20. The summed E-state index contributed by atoms with van der Waals surface area (Å²) in [6.07, 6.45) is 2.43. The lowest BCUT2D eigenvalue weighted by Gasteiger charge is -2.00. The van der Waals surface area contributed by atoms with Crippen molar-refractivity contribution in [3.63, 3.8) is 0 Å². The van der Waals surface area contributed by atoms with E-state index in [2.05, 4.69) is 36.5 Å². The second-order valence-corrected chi connectivity index (χ2v) is 7.29. The Kier molecular flexibility index (Phi) is 4.39. The normalized spacial score (nSPS) is 11.3. The zero-order valence-electron chi connectivity index (χ0n) is 13.6. The summed E-state index contributed by atoms with van der Waals surface area (Å²) in [5.74, 6) is 5.80. The molecule has 3 N–H and O–H groups in total. The highest BCUT2D eigenvalue weighted by atomic mass is 32.2. The van der Waals surface area contributed by atoms with Crippen LogP contribution in [-0.4, -0.2) is 41.2 Å². The topological polar surface area (TPSA) is 124 Å². The van der Waals surface area contributed by atoms with E-state index in [1.807, 2.05) is 25.1 Å². The van der Waals surface area contributed by atoms with Crippen LogP contribution in [0.3, 0.4) is 0 Å². The van der Waals surface area contributed by atoms with Gasteiger partial charge in [-0.2, -0.15) is 0 Å². The Bertz CT molecular complexity index is 1110. The largest absolute Gasteiger partial charge is 0.337 e. The summed E-state index contributed by atoms with van der Waals surface area (Å²) in [5, 5.41) is 0. The van der Waals surface area contributed by atoms with E-state index in [0.29, 0.717) is 11.5 Å². The minimum absolute atomic E-state index is 0.0180. The SMILES string of the molecule is Cc1ccc2nc(-c3nc(C#CCNS(C)(=O)=O)cnc3[NH])[nH]c2c1. The highest BCUT2D eigenvalue weighted by Crippen LogP contribution is 2.23. The molecule has 1 aromatic carbocycles. The molecular weight excluding hydrogens is 340 g/mol. The van der Waals surface area contributed by atoms with Gasteiger partial charge < -0.3 is 4.98 Å². The Labute approximate surface area is 145 Å². The standard InChI is InChI=1S/C16H15N6O2S/c1-10-5-6-12-13(8-10)22-16(21-12)14-15(17)18-9-11(20-14)4-3-7-19-25(2,23)24/h5-6,8-9,17,19H,7H2,1-2H3,(H,21,22). The van der Waals surface area contributed by atoms with Crippen LogP contribution in [0.4, 0.5) is 5.82 Å². The lowest BCUT2D eigenvalue weighted by molar-refractivity contribution is 0.592. The van der Waals surface area contributed by atoms with Gasteiger partial charge in [0.1, 0.15) is 5.69 Å². The van der Waals surface area contributed by atoms with Crippen LogP contribution in [0.1, 0.15) is 11.3 Å². The zero-order chi connectivity index (χ0) is 18.0. The second kappa shape index (κ2) is 6.51. The highest BCUT2D eigenvalue weighted by Gasteiger charge is 2.12. The number of aromatic amines is 1. The van der Waals surface area contributed by atoms with Gasteiger partial charge in [0, 0.05) is 0 Å². The molecule has 0 aliphatic carbocycles. The van der Waals surface area contributed by atoms with Crippen LogP contribution in [0.2, 0.25) is 0 Å². The van der Waals surface area contributed by atoms with Crippen molar-refractivity contribution < 1.29 is 8.42 Å². The maximum Gasteiger partial charge on any atom is 0.209 e. The number of fused-ring (bicyclic) bond motifs is 1. The van der Waals surface area contributed by atoms with Gasteiger partial charge in [-0.05, 0) is 30.5 Å². The molecule has 3 rings (SSSR count). The molecule has 25 heavy (non-hydrogen) atoms. The van der Waals surface area contributed by atoms with Gasteiger partial charge in [-0.3, -0.25) is 5.73 Å². The van der Waals surface area contributed by atoms with Crippen LogP contribution in [-0.2, 0) is 10.0 Å². The first kappa shape index (κ1) is 16.9. The van der Waals surface area contributed by atoms with Crippen molar-refractivity contribution >= 4 is 26.9 Å². The fraction of sp³-hybridized carbons (Fsp3) is 0.188. The van der Waals surface area contributed by atoms with Gasteiger partial charge in [0.25, 0.3) is 0 Å². The second-order valence-electron chi connectivity index (χ2n) is 5.45. The number of aryl methyl sites for hydroxylation is 1. The van der Waals surface area contributed by atoms with Gasteiger partial charge in [-0.15, -0.1) is 0 Å². The molecular formula is C16H15N6O2S. The predicted octanol–water partition coefficient (Wildman–Crippen LogP) is 1.14. The van der Waals surface area contributed by atoms with E-state index in [-0.39, 0.29) is 18.1 Å². The average Bonchev–Trinajstić information content (AvgIpc) is 2.94. The molecule has 0 fully saturated rings. The summed E-state index contributed by atoms with van der Waals surface area (Å²) < 4.78 is 24.3. The number of nitrogens with zero attached hydrogens (tertiary/aromatic N) is 3. The molecule has 0 aliphatic rings. The third kappa shape index (κ3) is 4.12. The minimum atomic E-state index is -3.29. The molecule has 0 bridgehead atoms. The van der Waals surface area contributed by atoms with E-state index in [0.717, 1.165) is 22.9 Å². The Morgan fingerprint density at radius 2 is 2.12 bits per heavy atom. The van der Waals surface area contributed by atoms with Crippen LogP contribution >= 0.6 is 0 Å². The van der Waals surface area contributed by atoms with Crippen LogP contribution in [0.5, 0.6) is 0 Å². The molecule has 1 radical (unpaired) electrons. The molecule has 9 heteroatoms. The molecule has 8 nitrogen and oxygen atoms in total.